The van der Waals surface area contributed by atoms with Crippen LogP contribution in [0.4, 0.5) is 0 Å². The summed E-state index contributed by atoms with van der Waals surface area (Å²) in [7, 11) is 1.51. The molecule has 0 N–H and O–H groups in total. The van der Waals surface area contributed by atoms with Crippen molar-refractivity contribution in [1.82, 2.24) is 4.98 Å². The minimum absolute atomic E-state index is 0.210. The minimum Gasteiger partial charge on any atom is -0.479 e. The van der Waals surface area contributed by atoms with Gasteiger partial charge in [-0.05, 0) is 12.6 Å². The summed E-state index contributed by atoms with van der Waals surface area (Å²) in [5, 5.41) is 0.210. The average molecular weight is 130 g/mol. The van der Waals surface area contributed by atoms with Gasteiger partial charge in [-0.25, -0.2) is 0 Å². The molecule has 0 unspecified atom stereocenters. The van der Waals surface area contributed by atoms with E-state index in [0.717, 1.165) is 0 Å². The van der Waals surface area contributed by atoms with Gasteiger partial charge in [0.25, 0.3) is 11.1 Å². The molecule has 3 nitrogen and oxygen atoms in total. The highest BCUT2D eigenvalue weighted by Gasteiger charge is 1.96. The Labute approximate surface area is 52.1 Å². The first-order chi connectivity index (χ1) is 3.83. The van der Waals surface area contributed by atoms with E-state index in [0.29, 0.717) is 5.88 Å². The lowest BCUT2D eigenvalue weighted by Crippen LogP contribution is -1.79. The van der Waals surface area contributed by atoms with E-state index in [2.05, 4.69) is 26.8 Å². The molecule has 0 aromatic carbocycles. The zero-order valence-corrected chi connectivity index (χ0v) is 5.07. The van der Waals surface area contributed by atoms with Crippen molar-refractivity contribution in [2.45, 2.75) is 5.22 Å². The summed E-state index contributed by atoms with van der Waals surface area (Å²) in [6.07, 6.45) is 1.36. The number of ether oxygens (including phenoxy) is 1. The third-order valence-electron chi connectivity index (χ3n) is 0.671. The van der Waals surface area contributed by atoms with E-state index in [1.807, 2.05) is 0 Å². The molecule has 1 aromatic rings. The van der Waals surface area contributed by atoms with Gasteiger partial charge in [-0.2, -0.15) is 4.98 Å². The highest BCUT2D eigenvalue weighted by Crippen LogP contribution is 2.10. The highest BCUT2D eigenvalue weighted by molar-refractivity contribution is 7.80. The lowest BCUT2D eigenvalue weighted by atomic mass is 10.9. The van der Waals surface area contributed by atoms with Crippen LogP contribution in [-0.4, -0.2) is 12.1 Å². The smallest absolute Gasteiger partial charge is 0.291 e. The Bertz CT molecular complexity index is 174. The number of aromatic nitrogens is 1. The Kier molecular flexibility index (Phi) is 1.34. The average Bonchev–Trinajstić information content (AvgIpc) is 2.14. The van der Waals surface area contributed by atoms with Crippen LogP contribution in [0, 0.1) is 0 Å². The van der Waals surface area contributed by atoms with Crippen LogP contribution in [-0.2, 0) is 0 Å². The molecule has 4 heteroatoms. The van der Waals surface area contributed by atoms with Crippen LogP contribution >= 0.6 is 12.6 Å². The first kappa shape index (κ1) is 5.37. The summed E-state index contributed by atoms with van der Waals surface area (Å²) in [5.74, 6) is 0.426. The van der Waals surface area contributed by atoms with E-state index >= 15 is 0 Å². The second-order valence-corrected chi connectivity index (χ2v) is 1.51. The van der Waals surface area contributed by atoms with Gasteiger partial charge in [0.1, 0.15) is 0 Å². The van der Waals surface area contributed by atoms with Crippen molar-refractivity contribution in [3.8, 4) is 5.88 Å². The van der Waals surface area contributed by atoms with Gasteiger partial charge in [-0.1, -0.05) is 0 Å². The molecule has 8 heavy (non-hydrogen) atoms. The van der Waals surface area contributed by atoms with Gasteiger partial charge < -0.3 is 9.15 Å². The Hall–Kier alpha value is -0.770. The van der Waals surface area contributed by atoms with Gasteiger partial charge in [0, 0.05) is 0 Å². The van der Waals surface area contributed by atoms with Crippen LogP contribution in [0.25, 0.3) is 0 Å². The Morgan fingerprint density at radius 2 is 2.62 bits per heavy atom. The maximum atomic E-state index is 4.66. The predicted octanol–water partition coefficient (Wildman–Crippen LogP) is 1.24. The summed E-state index contributed by atoms with van der Waals surface area (Å²) >= 11 is 4.54. The van der Waals surface area contributed by atoms with E-state index in [1.54, 1.807) is 0 Å². The Balaban J connectivity index is 2.84. The topological polar surface area (TPSA) is 35.3 Å². The summed E-state index contributed by atoms with van der Waals surface area (Å²) in [6.45, 7) is 0. The molecule has 0 saturated carbocycles. The SMILES string of the molecule is COc1coc([S])n1. The van der Waals surface area contributed by atoms with Crippen molar-refractivity contribution in [2.75, 3.05) is 7.11 Å². The van der Waals surface area contributed by atoms with Gasteiger partial charge in [0.05, 0.1) is 7.11 Å². The van der Waals surface area contributed by atoms with Crippen LogP contribution in [0.1, 0.15) is 0 Å². The van der Waals surface area contributed by atoms with E-state index in [-0.39, 0.29) is 5.22 Å². The molecule has 0 amide bonds. The van der Waals surface area contributed by atoms with Crippen LogP contribution in [0.2, 0.25) is 0 Å². The molecule has 0 saturated heterocycles. The Morgan fingerprint density at radius 1 is 1.88 bits per heavy atom. The van der Waals surface area contributed by atoms with Crippen LogP contribution in [0.15, 0.2) is 15.9 Å². The minimum atomic E-state index is 0.210. The number of methoxy groups -OCH3 is 1. The zero-order chi connectivity index (χ0) is 5.98. The van der Waals surface area contributed by atoms with E-state index < -0.39 is 0 Å². The van der Waals surface area contributed by atoms with E-state index in [4.69, 9.17) is 0 Å². The van der Waals surface area contributed by atoms with E-state index in [9.17, 15) is 0 Å². The monoisotopic (exact) mass is 130 g/mol. The molecule has 1 radical (unpaired) electrons. The fourth-order valence-electron chi connectivity index (χ4n) is 0.337. The molecule has 0 fully saturated rings. The maximum Gasteiger partial charge on any atom is 0.291 e. The number of nitrogens with zero attached hydrogens (tertiary/aromatic N) is 1. The van der Waals surface area contributed by atoms with Gasteiger partial charge in [0.15, 0.2) is 6.26 Å². The quantitative estimate of drug-likeness (QED) is 0.573. The zero-order valence-electron chi connectivity index (χ0n) is 4.25. The van der Waals surface area contributed by atoms with Crippen LogP contribution in [0.5, 0.6) is 5.88 Å². The molecule has 1 rings (SSSR count). The third-order valence-corrected chi connectivity index (χ3v) is 0.859. The van der Waals surface area contributed by atoms with Crippen LogP contribution < -0.4 is 4.74 Å². The van der Waals surface area contributed by atoms with Gasteiger partial charge in [-0.3, -0.25) is 0 Å². The molecule has 43 valence electrons. The van der Waals surface area contributed by atoms with Crippen molar-refractivity contribution in [3.05, 3.63) is 6.26 Å². The standard InChI is InChI=1S/C4H4NO2S/c1-6-3-2-7-4(8)5-3/h2H,1H3. The number of rotatable bonds is 1. The molecule has 1 heterocycles. The summed E-state index contributed by atoms with van der Waals surface area (Å²) < 4.78 is 9.30. The Morgan fingerprint density at radius 3 is 2.88 bits per heavy atom. The molecule has 0 bridgehead atoms. The lowest BCUT2D eigenvalue weighted by molar-refractivity contribution is 0.395. The van der Waals surface area contributed by atoms with Gasteiger partial charge in [-0.15, -0.1) is 0 Å². The first-order valence-electron chi connectivity index (χ1n) is 1.99. The number of hydrogen-bond acceptors (Lipinski definition) is 3. The summed E-state index contributed by atoms with van der Waals surface area (Å²) in [5.41, 5.74) is 0. The molecule has 0 spiro atoms. The summed E-state index contributed by atoms with van der Waals surface area (Å²) in [4.78, 5) is 3.66. The van der Waals surface area contributed by atoms with Gasteiger partial charge >= 0.3 is 0 Å². The van der Waals surface area contributed by atoms with Crippen LogP contribution in [0.3, 0.4) is 0 Å². The fourth-order valence-corrected chi connectivity index (χ4v) is 0.475. The molecule has 1 aromatic heterocycles. The van der Waals surface area contributed by atoms with Crippen molar-refractivity contribution in [1.29, 1.82) is 0 Å². The molecule has 0 aliphatic rings. The number of oxazole rings is 1. The second-order valence-electron chi connectivity index (χ2n) is 1.16. The fraction of sp³-hybridized carbons (Fsp3) is 0.250. The molecular weight excluding hydrogens is 126 g/mol. The lowest BCUT2D eigenvalue weighted by Gasteiger charge is -1.83. The van der Waals surface area contributed by atoms with Crippen molar-refractivity contribution in [2.24, 2.45) is 0 Å². The van der Waals surface area contributed by atoms with Gasteiger partial charge in [0.2, 0.25) is 0 Å². The normalized spacial score (nSPS) is 9.12. The first-order valence-corrected chi connectivity index (χ1v) is 2.40. The summed E-state index contributed by atoms with van der Waals surface area (Å²) in [6, 6.07) is 0. The van der Waals surface area contributed by atoms with Crippen molar-refractivity contribution < 1.29 is 9.15 Å². The van der Waals surface area contributed by atoms with E-state index in [1.165, 1.54) is 13.4 Å². The largest absolute Gasteiger partial charge is 0.479 e. The highest BCUT2D eigenvalue weighted by atomic mass is 32.1. The number of hydrogen-bond donors (Lipinski definition) is 0. The second kappa shape index (κ2) is 2.00. The van der Waals surface area contributed by atoms with Crippen molar-refractivity contribution in [3.63, 3.8) is 0 Å². The predicted molar refractivity (Wildman–Crippen MR) is 28.9 cm³/mol. The maximum absolute atomic E-state index is 4.66. The molecule has 0 aliphatic heterocycles. The van der Waals surface area contributed by atoms with Crippen molar-refractivity contribution >= 4 is 12.6 Å². The third kappa shape index (κ3) is 0.894. The molecule has 0 aliphatic carbocycles. The molecular formula is C4H4NO2S. The molecule has 0 atom stereocenters.